The molecule has 2 rings (SSSR count). The van der Waals surface area contributed by atoms with E-state index < -0.39 is 0 Å². The van der Waals surface area contributed by atoms with Crippen LogP contribution in [0.15, 0.2) is 53.6 Å². The summed E-state index contributed by atoms with van der Waals surface area (Å²) in [4.78, 5) is 12.0. The van der Waals surface area contributed by atoms with E-state index in [2.05, 4.69) is 24.4 Å². The minimum atomic E-state index is -0.245. The van der Waals surface area contributed by atoms with Gasteiger partial charge >= 0.3 is 0 Å². The van der Waals surface area contributed by atoms with Crippen LogP contribution in [-0.4, -0.2) is 18.7 Å². The largest absolute Gasteiger partial charge is 0.493 e. The predicted octanol–water partition coefficient (Wildman–Crippen LogP) is 3.79. The number of carbonyl (C=O) groups excluding carboxylic acids is 1. The zero-order chi connectivity index (χ0) is 16.7. The second-order valence-electron chi connectivity index (χ2n) is 5.78. The first kappa shape index (κ1) is 16.7. The Bertz CT molecular complexity index is 676. The lowest BCUT2D eigenvalue weighted by atomic mass is 10.1. The van der Waals surface area contributed by atoms with E-state index in [0.717, 1.165) is 16.9 Å². The molecule has 2 aromatic rings. The molecule has 23 heavy (non-hydrogen) atoms. The Kier molecular flexibility index (Phi) is 5.92. The lowest BCUT2D eigenvalue weighted by Gasteiger charge is -2.08. The zero-order valence-corrected chi connectivity index (χ0v) is 13.7. The van der Waals surface area contributed by atoms with Gasteiger partial charge in [-0.15, -0.1) is 0 Å². The van der Waals surface area contributed by atoms with Gasteiger partial charge < -0.3 is 4.74 Å². The fraction of sp³-hybridized carbons (Fsp3) is 0.263. The molecule has 2 aromatic carbocycles. The zero-order valence-electron chi connectivity index (χ0n) is 13.7. The van der Waals surface area contributed by atoms with Gasteiger partial charge in [0.15, 0.2) is 0 Å². The van der Waals surface area contributed by atoms with Crippen LogP contribution in [0.5, 0.6) is 5.75 Å². The molecule has 0 bridgehead atoms. The smallest absolute Gasteiger partial charge is 0.271 e. The third-order valence-electron chi connectivity index (χ3n) is 3.26. The minimum absolute atomic E-state index is 0.245. The molecular formula is C19H22N2O2. The number of rotatable bonds is 6. The minimum Gasteiger partial charge on any atom is -0.493 e. The molecule has 0 aromatic heterocycles. The molecule has 0 aliphatic carbocycles. The van der Waals surface area contributed by atoms with E-state index in [4.69, 9.17) is 4.74 Å². The van der Waals surface area contributed by atoms with Crippen molar-refractivity contribution in [3.8, 4) is 5.75 Å². The van der Waals surface area contributed by atoms with Crippen LogP contribution in [0.4, 0.5) is 0 Å². The summed E-state index contributed by atoms with van der Waals surface area (Å²) >= 11 is 0. The van der Waals surface area contributed by atoms with Gasteiger partial charge in [-0.05, 0) is 48.2 Å². The van der Waals surface area contributed by atoms with E-state index in [1.165, 1.54) is 0 Å². The van der Waals surface area contributed by atoms with Gasteiger partial charge in [0, 0.05) is 5.56 Å². The first-order valence-corrected chi connectivity index (χ1v) is 7.68. The number of nitrogens with one attached hydrogen (secondary N) is 1. The van der Waals surface area contributed by atoms with Crippen molar-refractivity contribution in [1.29, 1.82) is 0 Å². The Hall–Kier alpha value is -2.62. The quantitative estimate of drug-likeness (QED) is 0.652. The normalized spacial score (nSPS) is 11.0. The SMILES string of the molecule is Cc1ccccc1C=NNC(=O)c1ccc(OCC(C)C)cc1. The highest BCUT2D eigenvalue weighted by molar-refractivity contribution is 5.95. The van der Waals surface area contributed by atoms with E-state index in [1.807, 2.05) is 31.2 Å². The van der Waals surface area contributed by atoms with Gasteiger partial charge in [-0.25, -0.2) is 5.43 Å². The summed E-state index contributed by atoms with van der Waals surface area (Å²) in [7, 11) is 0. The molecule has 0 aliphatic heterocycles. The molecule has 1 N–H and O–H groups in total. The van der Waals surface area contributed by atoms with Crippen molar-refractivity contribution in [1.82, 2.24) is 5.43 Å². The first-order valence-electron chi connectivity index (χ1n) is 7.68. The van der Waals surface area contributed by atoms with Gasteiger partial charge in [-0.2, -0.15) is 5.10 Å². The summed E-state index contributed by atoms with van der Waals surface area (Å²) in [6.07, 6.45) is 1.65. The van der Waals surface area contributed by atoms with Crippen molar-refractivity contribution in [2.45, 2.75) is 20.8 Å². The molecule has 0 unspecified atom stereocenters. The Labute approximate surface area is 137 Å². The summed E-state index contributed by atoms with van der Waals surface area (Å²) in [5.74, 6) is 0.984. The van der Waals surface area contributed by atoms with E-state index in [0.29, 0.717) is 18.1 Å². The van der Waals surface area contributed by atoms with Gasteiger partial charge in [0.25, 0.3) is 5.91 Å². The van der Waals surface area contributed by atoms with Crippen LogP contribution in [0.3, 0.4) is 0 Å². The molecule has 0 radical (unpaired) electrons. The Balaban J connectivity index is 1.92. The summed E-state index contributed by atoms with van der Waals surface area (Å²) < 4.78 is 5.59. The fourth-order valence-electron chi connectivity index (χ4n) is 1.92. The molecule has 4 nitrogen and oxygen atoms in total. The van der Waals surface area contributed by atoms with Crippen molar-refractivity contribution in [2.24, 2.45) is 11.0 Å². The highest BCUT2D eigenvalue weighted by Crippen LogP contribution is 2.13. The van der Waals surface area contributed by atoms with Crippen LogP contribution < -0.4 is 10.2 Å². The number of hydrazone groups is 1. The maximum atomic E-state index is 12.0. The molecular weight excluding hydrogens is 288 g/mol. The molecule has 0 saturated carbocycles. The topological polar surface area (TPSA) is 50.7 Å². The van der Waals surface area contributed by atoms with Gasteiger partial charge in [-0.1, -0.05) is 38.1 Å². The molecule has 0 saturated heterocycles. The van der Waals surface area contributed by atoms with Crippen molar-refractivity contribution >= 4 is 12.1 Å². The molecule has 0 spiro atoms. The van der Waals surface area contributed by atoms with Crippen molar-refractivity contribution in [3.05, 3.63) is 65.2 Å². The Morgan fingerprint density at radius 3 is 2.52 bits per heavy atom. The van der Waals surface area contributed by atoms with E-state index in [-0.39, 0.29) is 5.91 Å². The predicted molar refractivity (Wildman–Crippen MR) is 93.0 cm³/mol. The maximum absolute atomic E-state index is 12.0. The molecule has 120 valence electrons. The number of hydrogen-bond acceptors (Lipinski definition) is 3. The van der Waals surface area contributed by atoms with E-state index in [9.17, 15) is 4.79 Å². The number of hydrogen-bond donors (Lipinski definition) is 1. The highest BCUT2D eigenvalue weighted by atomic mass is 16.5. The average Bonchev–Trinajstić information content (AvgIpc) is 2.55. The van der Waals surface area contributed by atoms with Gasteiger partial charge in [-0.3, -0.25) is 4.79 Å². The number of amides is 1. The van der Waals surface area contributed by atoms with Gasteiger partial charge in [0.05, 0.1) is 12.8 Å². The molecule has 0 fully saturated rings. The third kappa shape index (κ3) is 5.25. The number of nitrogens with zero attached hydrogens (tertiary/aromatic N) is 1. The van der Waals surface area contributed by atoms with Crippen molar-refractivity contribution in [2.75, 3.05) is 6.61 Å². The van der Waals surface area contributed by atoms with Crippen LogP contribution in [0.2, 0.25) is 0 Å². The van der Waals surface area contributed by atoms with E-state index in [1.54, 1.807) is 30.5 Å². The van der Waals surface area contributed by atoms with Crippen LogP contribution in [0.1, 0.15) is 35.3 Å². The summed E-state index contributed by atoms with van der Waals surface area (Å²) in [5, 5.41) is 4.00. The summed E-state index contributed by atoms with van der Waals surface area (Å²) in [5.41, 5.74) is 5.16. The van der Waals surface area contributed by atoms with Crippen LogP contribution >= 0.6 is 0 Å². The average molecular weight is 310 g/mol. The second-order valence-corrected chi connectivity index (χ2v) is 5.78. The van der Waals surface area contributed by atoms with Crippen molar-refractivity contribution < 1.29 is 9.53 Å². The Morgan fingerprint density at radius 2 is 1.87 bits per heavy atom. The standard InChI is InChI=1S/C19H22N2O2/c1-14(2)13-23-18-10-8-16(9-11-18)19(22)21-20-12-17-7-5-4-6-15(17)3/h4-12,14H,13H2,1-3H3,(H,21,22). The van der Waals surface area contributed by atoms with Gasteiger partial charge in [0.2, 0.25) is 0 Å². The van der Waals surface area contributed by atoms with E-state index >= 15 is 0 Å². The summed E-state index contributed by atoms with van der Waals surface area (Å²) in [6.45, 7) is 6.84. The summed E-state index contributed by atoms with van der Waals surface area (Å²) in [6, 6.07) is 14.9. The first-order chi connectivity index (χ1) is 11.1. The molecule has 1 amide bonds. The molecule has 0 heterocycles. The number of carbonyl (C=O) groups is 1. The number of benzene rings is 2. The highest BCUT2D eigenvalue weighted by Gasteiger charge is 2.05. The van der Waals surface area contributed by atoms with Gasteiger partial charge in [0.1, 0.15) is 5.75 Å². The molecule has 4 heteroatoms. The third-order valence-corrected chi connectivity index (χ3v) is 3.26. The lowest BCUT2D eigenvalue weighted by Crippen LogP contribution is -2.17. The maximum Gasteiger partial charge on any atom is 0.271 e. The second kappa shape index (κ2) is 8.13. The Morgan fingerprint density at radius 1 is 1.17 bits per heavy atom. The number of ether oxygens (including phenoxy) is 1. The fourth-order valence-corrected chi connectivity index (χ4v) is 1.92. The van der Waals surface area contributed by atoms with Crippen molar-refractivity contribution in [3.63, 3.8) is 0 Å². The monoisotopic (exact) mass is 310 g/mol. The molecule has 0 aliphatic rings. The van der Waals surface area contributed by atoms with Crippen LogP contribution in [-0.2, 0) is 0 Å². The lowest BCUT2D eigenvalue weighted by molar-refractivity contribution is 0.0955. The number of aryl methyl sites for hydroxylation is 1. The molecule has 0 atom stereocenters. The van der Waals surface area contributed by atoms with Crippen LogP contribution in [0, 0.1) is 12.8 Å². The van der Waals surface area contributed by atoms with Crippen LogP contribution in [0.25, 0.3) is 0 Å².